The zero-order chi connectivity index (χ0) is 12.1. The largest absolute Gasteiger partial charge is 0.493 e. The van der Waals surface area contributed by atoms with Gasteiger partial charge in [0.25, 0.3) is 0 Å². The summed E-state index contributed by atoms with van der Waals surface area (Å²) in [6, 6.07) is 2.76. The standard InChI is InChI=1S/C10H13NO5/c1-15-9-3-6(8(13)5-12)7(11-14)4-10(9)16-2/h3-4,8,12-13H,5H2,1-2H3. The average Bonchev–Trinajstić information content (AvgIpc) is 2.35. The van der Waals surface area contributed by atoms with Crippen LogP contribution in [0.4, 0.5) is 5.69 Å². The molecule has 1 rings (SSSR count). The molecule has 1 atom stereocenters. The van der Waals surface area contributed by atoms with Crippen molar-refractivity contribution in [3.63, 3.8) is 0 Å². The molecule has 6 nitrogen and oxygen atoms in total. The maximum Gasteiger partial charge on any atom is 0.163 e. The van der Waals surface area contributed by atoms with E-state index in [1.54, 1.807) is 0 Å². The molecule has 0 bridgehead atoms. The van der Waals surface area contributed by atoms with Crippen molar-refractivity contribution in [2.75, 3.05) is 20.8 Å². The summed E-state index contributed by atoms with van der Waals surface area (Å²) < 4.78 is 9.99. The SMILES string of the molecule is COc1cc(N=O)c(C(O)CO)cc1OC. The molecule has 0 heterocycles. The highest BCUT2D eigenvalue weighted by atomic mass is 16.5. The van der Waals surface area contributed by atoms with Crippen molar-refractivity contribution in [3.8, 4) is 11.5 Å². The van der Waals surface area contributed by atoms with Gasteiger partial charge < -0.3 is 19.7 Å². The minimum absolute atomic E-state index is 0.0131. The summed E-state index contributed by atoms with van der Waals surface area (Å²) in [5.41, 5.74) is 0.217. The van der Waals surface area contributed by atoms with E-state index in [2.05, 4.69) is 5.18 Å². The van der Waals surface area contributed by atoms with Crippen LogP contribution < -0.4 is 9.47 Å². The van der Waals surface area contributed by atoms with Crippen LogP contribution in [-0.4, -0.2) is 31.0 Å². The Kier molecular flexibility index (Phi) is 4.21. The van der Waals surface area contributed by atoms with Gasteiger partial charge in [0, 0.05) is 11.6 Å². The Hall–Kier alpha value is -1.66. The van der Waals surface area contributed by atoms with Crippen LogP contribution >= 0.6 is 0 Å². The summed E-state index contributed by atoms with van der Waals surface area (Å²) in [7, 11) is 2.86. The quantitative estimate of drug-likeness (QED) is 0.736. The summed E-state index contributed by atoms with van der Waals surface area (Å²) in [6.07, 6.45) is -1.17. The van der Waals surface area contributed by atoms with Crippen LogP contribution in [-0.2, 0) is 0 Å². The lowest BCUT2D eigenvalue weighted by Crippen LogP contribution is -2.04. The Morgan fingerprint density at radius 1 is 1.31 bits per heavy atom. The fourth-order valence-corrected chi connectivity index (χ4v) is 1.33. The van der Waals surface area contributed by atoms with Gasteiger partial charge in [-0.3, -0.25) is 0 Å². The van der Waals surface area contributed by atoms with Crippen LogP contribution in [0.15, 0.2) is 17.3 Å². The van der Waals surface area contributed by atoms with Crippen LogP contribution in [0.2, 0.25) is 0 Å². The molecular formula is C10H13NO5. The Bertz CT molecular complexity index is 380. The summed E-state index contributed by atoms with van der Waals surface area (Å²) in [4.78, 5) is 10.6. The number of benzene rings is 1. The normalized spacial score (nSPS) is 12.0. The number of ether oxygens (including phenoxy) is 2. The minimum atomic E-state index is -1.17. The highest BCUT2D eigenvalue weighted by Crippen LogP contribution is 2.37. The number of nitrogens with zero attached hydrogens (tertiary/aromatic N) is 1. The van der Waals surface area contributed by atoms with E-state index in [0.717, 1.165) is 0 Å². The average molecular weight is 227 g/mol. The second kappa shape index (κ2) is 5.43. The van der Waals surface area contributed by atoms with Gasteiger partial charge in [0.05, 0.1) is 20.8 Å². The number of hydrogen-bond donors (Lipinski definition) is 2. The van der Waals surface area contributed by atoms with Crippen molar-refractivity contribution in [1.82, 2.24) is 0 Å². The molecule has 0 spiro atoms. The molecule has 0 aliphatic heterocycles. The summed E-state index contributed by atoms with van der Waals surface area (Å²) >= 11 is 0. The Morgan fingerprint density at radius 2 is 1.88 bits per heavy atom. The first-order valence-electron chi connectivity index (χ1n) is 4.56. The lowest BCUT2D eigenvalue weighted by molar-refractivity contribution is 0.0958. The van der Waals surface area contributed by atoms with Crippen molar-refractivity contribution in [2.45, 2.75) is 6.10 Å². The van der Waals surface area contributed by atoms with Gasteiger partial charge in [-0.2, -0.15) is 0 Å². The van der Waals surface area contributed by atoms with Crippen LogP contribution in [0.3, 0.4) is 0 Å². The molecule has 1 unspecified atom stereocenters. The van der Waals surface area contributed by atoms with E-state index < -0.39 is 12.7 Å². The first-order chi connectivity index (χ1) is 7.67. The number of nitroso groups, excluding NO2 is 1. The van der Waals surface area contributed by atoms with E-state index in [1.807, 2.05) is 0 Å². The first kappa shape index (κ1) is 12.4. The predicted molar refractivity (Wildman–Crippen MR) is 57.0 cm³/mol. The van der Waals surface area contributed by atoms with E-state index in [0.29, 0.717) is 11.5 Å². The lowest BCUT2D eigenvalue weighted by atomic mass is 10.1. The van der Waals surface area contributed by atoms with Crippen molar-refractivity contribution < 1.29 is 19.7 Å². The smallest absolute Gasteiger partial charge is 0.163 e. The highest BCUT2D eigenvalue weighted by Gasteiger charge is 2.17. The van der Waals surface area contributed by atoms with Gasteiger partial charge in [-0.15, -0.1) is 4.91 Å². The predicted octanol–water partition coefficient (Wildman–Crippen LogP) is 1.13. The molecule has 0 saturated carbocycles. The summed E-state index contributed by atoms with van der Waals surface area (Å²) in [5, 5.41) is 21.1. The number of methoxy groups -OCH3 is 2. The molecule has 16 heavy (non-hydrogen) atoms. The van der Waals surface area contributed by atoms with E-state index in [1.165, 1.54) is 26.4 Å². The lowest BCUT2D eigenvalue weighted by Gasteiger charge is -2.13. The molecule has 0 amide bonds. The van der Waals surface area contributed by atoms with Gasteiger partial charge in [-0.25, -0.2) is 0 Å². The van der Waals surface area contributed by atoms with Gasteiger partial charge in [0.1, 0.15) is 11.8 Å². The third-order valence-electron chi connectivity index (χ3n) is 2.16. The minimum Gasteiger partial charge on any atom is -0.493 e. The molecule has 0 aromatic heterocycles. The van der Waals surface area contributed by atoms with Crippen LogP contribution in [0, 0.1) is 4.91 Å². The van der Waals surface area contributed by atoms with Crippen molar-refractivity contribution in [1.29, 1.82) is 0 Å². The molecule has 0 fully saturated rings. The molecule has 0 saturated heterocycles. The topological polar surface area (TPSA) is 88.4 Å². The molecule has 0 aliphatic carbocycles. The first-order valence-corrected chi connectivity index (χ1v) is 4.56. The van der Waals surface area contributed by atoms with E-state index in [4.69, 9.17) is 14.6 Å². The molecule has 2 N–H and O–H groups in total. The van der Waals surface area contributed by atoms with Crippen molar-refractivity contribution in [2.24, 2.45) is 5.18 Å². The molecule has 0 aliphatic rings. The van der Waals surface area contributed by atoms with Crippen LogP contribution in [0.5, 0.6) is 11.5 Å². The van der Waals surface area contributed by atoms with Crippen LogP contribution in [0.1, 0.15) is 11.7 Å². The molecule has 1 aromatic rings. The number of hydrogen-bond acceptors (Lipinski definition) is 6. The number of rotatable bonds is 5. The van der Waals surface area contributed by atoms with E-state index in [-0.39, 0.29) is 11.3 Å². The second-order valence-electron chi connectivity index (χ2n) is 3.06. The van der Waals surface area contributed by atoms with Gasteiger partial charge in [0.2, 0.25) is 0 Å². The van der Waals surface area contributed by atoms with Crippen molar-refractivity contribution in [3.05, 3.63) is 22.6 Å². The maximum atomic E-state index is 10.6. The fourth-order valence-electron chi connectivity index (χ4n) is 1.33. The van der Waals surface area contributed by atoms with Crippen LogP contribution in [0.25, 0.3) is 0 Å². The van der Waals surface area contributed by atoms with Gasteiger partial charge in [-0.05, 0) is 11.2 Å². The van der Waals surface area contributed by atoms with Gasteiger partial charge in [0.15, 0.2) is 11.5 Å². The fraction of sp³-hybridized carbons (Fsp3) is 0.400. The molecule has 0 radical (unpaired) electrons. The molecule has 88 valence electrons. The van der Waals surface area contributed by atoms with Gasteiger partial charge >= 0.3 is 0 Å². The third-order valence-corrected chi connectivity index (χ3v) is 2.16. The monoisotopic (exact) mass is 227 g/mol. The summed E-state index contributed by atoms with van der Waals surface area (Å²) in [6.45, 7) is -0.502. The Balaban J connectivity index is 3.31. The number of aliphatic hydroxyl groups excluding tert-OH is 2. The van der Waals surface area contributed by atoms with E-state index in [9.17, 15) is 10.0 Å². The van der Waals surface area contributed by atoms with Gasteiger partial charge in [-0.1, -0.05) is 0 Å². The van der Waals surface area contributed by atoms with E-state index >= 15 is 0 Å². The zero-order valence-corrected chi connectivity index (χ0v) is 9.01. The summed E-state index contributed by atoms with van der Waals surface area (Å²) in [5.74, 6) is 0.698. The molecule has 1 aromatic carbocycles. The third kappa shape index (κ3) is 2.29. The zero-order valence-electron chi connectivity index (χ0n) is 9.01. The molecule has 6 heteroatoms. The Morgan fingerprint density at radius 3 is 2.31 bits per heavy atom. The number of aliphatic hydroxyl groups is 2. The molecular weight excluding hydrogens is 214 g/mol. The maximum absolute atomic E-state index is 10.6. The second-order valence-corrected chi connectivity index (χ2v) is 3.06. The van der Waals surface area contributed by atoms with Crippen molar-refractivity contribution >= 4 is 5.69 Å². The Labute approximate surface area is 92.4 Å². The highest BCUT2D eigenvalue weighted by molar-refractivity contribution is 5.58.